The number of morpholine rings is 1. The van der Waals surface area contributed by atoms with Crippen LogP contribution in [-0.2, 0) is 9.53 Å². The van der Waals surface area contributed by atoms with Gasteiger partial charge in [0.2, 0.25) is 0 Å². The third-order valence-corrected chi connectivity index (χ3v) is 4.20. The van der Waals surface area contributed by atoms with Gasteiger partial charge >= 0.3 is 5.69 Å². The Kier molecular flexibility index (Phi) is 5.87. The van der Waals surface area contributed by atoms with Gasteiger partial charge in [-0.2, -0.15) is 0 Å². The Bertz CT molecular complexity index is 817. The summed E-state index contributed by atoms with van der Waals surface area (Å²) in [6.45, 7) is 4.59. The molecule has 1 heterocycles. The van der Waals surface area contributed by atoms with Gasteiger partial charge in [-0.05, 0) is 42.8 Å². The molecule has 0 aliphatic carbocycles. The summed E-state index contributed by atoms with van der Waals surface area (Å²) in [5.41, 5.74) is 2.36. The summed E-state index contributed by atoms with van der Waals surface area (Å²) in [6, 6.07) is 12.0. The quantitative estimate of drug-likeness (QED) is 0.620. The Labute approximate surface area is 156 Å². The third-order valence-electron chi connectivity index (χ3n) is 4.20. The summed E-state index contributed by atoms with van der Waals surface area (Å²) in [6.07, 6.45) is 0. The second-order valence-corrected chi connectivity index (χ2v) is 6.21. The number of ether oxygens (including phenoxy) is 2. The highest BCUT2D eigenvalue weighted by Gasteiger charge is 2.16. The summed E-state index contributed by atoms with van der Waals surface area (Å²) in [5, 5.41) is 13.8. The van der Waals surface area contributed by atoms with Gasteiger partial charge in [-0.15, -0.1) is 0 Å². The van der Waals surface area contributed by atoms with E-state index in [0.717, 1.165) is 24.3 Å². The number of benzene rings is 2. The van der Waals surface area contributed by atoms with E-state index in [2.05, 4.69) is 10.2 Å². The first-order valence-electron chi connectivity index (χ1n) is 8.63. The van der Waals surface area contributed by atoms with E-state index >= 15 is 0 Å². The molecular formula is C19H21N3O5. The monoisotopic (exact) mass is 371 g/mol. The second kappa shape index (κ2) is 8.50. The van der Waals surface area contributed by atoms with Crippen LogP contribution in [0.2, 0.25) is 0 Å². The number of anilines is 2. The number of nitrogens with zero attached hydrogens (tertiary/aromatic N) is 2. The van der Waals surface area contributed by atoms with E-state index in [9.17, 15) is 14.9 Å². The molecule has 1 N–H and O–H groups in total. The van der Waals surface area contributed by atoms with Crippen LogP contribution in [0, 0.1) is 17.0 Å². The highest BCUT2D eigenvalue weighted by Crippen LogP contribution is 2.27. The zero-order valence-electron chi connectivity index (χ0n) is 15.0. The lowest BCUT2D eigenvalue weighted by Gasteiger charge is -2.28. The van der Waals surface area contributed by atoms with Gasteiger partial charge in [0.05, 0.1) is 18.1 Å². The van der Waals surface area contributed by atoms with E-state index in [1.165, 1.54) is 6.07 Å². The van der Waals surface area contributed by atoms with Gasteiger partial charge in [-0.3, -0.25) is 14.9 Å². The van der Waals surface area contributed by atoms with E-state index in [-0.39, 0.29) is 24.0 Å². The molecule has 1 saturated heterocycles. The number of nitrogens with one attached hydrogen (secondary N) is 1. The first kappa shape index (κ1) is 18.7. The van der Waals surface area contributed by atoms with Crippen molar-refractivity contribution < 1.29 is 19.2 Å². The zero-order valence-corrected chi connectivity index (χ0v) is 15.0. The van der Waals surface area contributed by atoms with Gasteiger partial charge < -0.3 is 19.7 Å². The maximum absolute atomic E-state index is 12.1. The van der Waals surface area contributed by atoms with Crippen LogP contribution in [-0.4, -0.2) is 43.7 Å². The van der Waals surface area contributed by atoms with Crippen LogP contribution in [0.25, 0.3) is 0 Å². The summed E-state index contributed by atoms with van der Waals surface area (Å²) in [4.78, 5) is 24.8. The molecule has 27 heavy (non-hydrogen) atoms. The summed E-state index contributed by atoms with van der Waals surface area (Å²) in [5.74, 6) is -0.303. The van der Waals surface area contributed by atoms with E-state index in [1.54, 1.807) is 19.1 Å². The molecule has 1 aliphatic heterocycles. The van der Waals surface area contributed by atoms with Crippen molar-refractivity contribution in [3.05, 3.63) is 58.1 Å². The normalized spacial score (nSPS) is 13.9. The van der Waals surface area contributed by atoms with Crippen molar-refractivity contribution in [2.24, 2.45) is 0 Å². The lowest BCUT2D eigenvalue weighted by atomic mass is 10.2. The molecule has 3 rings (SSSR count). The van der Waals surface area contributed by atoms with Gasteiger partial charge in [-0.25, -0.2) is 0 Å². The van der Waals surface area contributed by atoms with Gasteiger partial charge in [0, 0.05) is 30.5 Å². The highest BCUT2D eigenvalue weighted by atomic mass is 16.6. The molecule has 0 saturated carbocycles. The molecule has 1 fully saturated rings. The average molecular weight is 371 g/mol. The van der Waals surface area contributed by atoms with Crippen LogP contribution in [0.5, 0.6) is 5.75 Å². The molecule has 0 spiro atoms. The van der Waals surface area contributed by atoms with E-state index in [4.69, 9.17) is 9.47 Å². The molecular weight excluding hydrogens is 350 g/mol. The summed E-state index contributed by atoms with van der Waals surface area (Å²) >= 11 is 0. The van der Waals surface area contributed by atoms with Crippen molar-refractivity contribution in [3.8, 4) is 5.75 Å². The number of carbonyl (C=O) groups is 1. The lowest BCUT2D eigenvalue weighted by Crippen LogP contribution is -2.36. The maximum Gasteiger partial charge on any atom is 0.310 e. The smallest absolute Gasteiger partial charge is 0.310 e. The minimum atomic E-state index is -0.531. The Hall–Kier alpha value is -3.13. The Morgan fingerprint density at radius 1 is 1.22 bits per heavy atom. The molecule has 2 aromatic carbocycles. The third kappa shape index (κ3) is 4.95. The predicted octanol–water partition coefficient (Wildman–Crippen LogP) is 2.76. The maximum atomic E-state index is 12.1. The number of hydrogen-bond acceptors (Lipinski definition) is 6. The minimum Gasteiger partial charge on any atom is -0.477 e. The molecule has 0 aromatic heterocycles. The molecule has 142 valence electrons. The Balaban J connectivity index is 1.56. The Morgan fingerprint density at radius 2 is 1.93 bits per heavy atom. The van der Waals surface area contributed by atoms with E-state index < -0.39 is 4.92 Å². The van der Waals surface area contributed by atoms with Gasteiger partial charge in [0.15, 0.2) is 12.4 Å². The average Bonchev–Trinajstić information content (AvgIpc) is 2.67. The van der Waals surface area contributed by atoms with Crippen molar-refractivity contribution in [1.82, 2.24) is 0 Å². The van der Waals surface area contributed by atoms with Crippen molar-refractivity contribution in [2.75, 3.05) is 43.1 Å². The molecule has 0 radical (unpaired) electrons. The van der Waals surface area contributed by atoms with Gasteiger partial charge in [0.25, 0.3) is 5.91 Å². The number of amides is 1. The first-order chi connectivity index (χ1) is 13.0. The molecule has 0 unspecified atom stereocenters. The number of nitro groups is 1. The van der Waals surface area contributed by atoms with Crippen LogP contribution in [0.1, 0.15) is 5.56 Å². The summed E-state index contributed by atoms with van der Waals surface area (Å²) in [7, 11) is 0. The number of rotatable bonds is 6. The van der Waals surface area contributed by atoms with Gasteiger partial charge in [0.1, 0.15) is 0 Å². The first-order valence-corrected chi connectivity index (χ1v) is 8.63. The predicted molar refractivity (Wildman–Crippen MR) is 101 cm³/mol. The second-order valence-electron chi connectivity index (χ2n) is 6.21. The summed E-state index contributed by atoms with van der Waals surface area (Å²) < 4.78 is 10.7. The molecule has 0 atom stereocenters. The largest absolute Gasteiger partial charge is 0.477 e. The van der Waals surface area contributed by atoms with E-state index in [1.807, 2.05) is 24.3 Å². The number of hydrogen-bond donors (Lipinski definition) is 1. The fourth-order valence-electron chi connectivity index (χ4n) is 2.81. The number of aryl methyl sites for hydroxylation is 1. The number of carbonyl (C=O) groups excluding carboxylic acids is 1. The SMILES string of the molecule is Cc1ccc([N+](=O)[O-])c(OCC(=O)Nc2ccc(N3CCOCC3)cc2)c1. The molecule has 1 amide bonds. The lowest BCUT2D eigenvalue weighted by molar-refractivity contribution is -0.385. The molecule has 8 nitrogen and oxygen atoms in total. The number of nitro benzene ring substituents is 1. The van der Waals surface area contributed by atoms with Crippen molar-refractivity contribution >= 4 is 23.0 Å². The zero-order chi connectivity index (χ0) is 19.2. The highest BCUT2D eigenvalue weighted by molar-refractivity contribution is 5.92. The minimum absolute atomic E-state index is 0.0813. The van der Waals surface area contributed by atoms with Crippen molar-refractivity contribution in [3.63, 3.8) is 0 Å². The molecule has 0 bridgehead atoms. The van der Waals surface area contributed by atoms with Gasteiger partial charge in [-0.1, -0.05) is 6.07 Å². The fourth-order valence-corrected chi connectivity index (χ4v) is 2.81. The van der Waals surface area contributed by atoms with Crippen LogP contribution in [0.3, 0.4) is 0 Å². The van der Waals surface area contributed by atoms with E-state index in [0.29, 0.717) is 18.9 Å². The van der Waals surface area contributed by atoms with Crippen molar-refractivity contribution in [2.45, 2.75) is 6.92 Å². The topological polar surface area (TPSA) is 93.9 Å². The Morgan fingerprint density at radius 3 is 2.59 bits per heavy atom. The molecule has 2 aromatic rings. The van der Waals surface area contributed by atoms with Crippen LogP contribution >= 0.6 is 0 Å². The van der Waals surface area contributed by atoms with Crippen LogP contribution in [0.4, 0.5) is 17.1 Å². The van der Waals surface area contributed by atoms with Crippen LogP contribution in [0.15, 0.2) is 42.5 Å². The molecule has 1 aliphatic rings. The van der Waals surface area contributed by atoms with Crippen LogP contribution < -0.4 is 15.0 Å². The standard InChI is InChI=1S/C19H21N3O5/c1-14-2-7-17(22(24)25)18(12-14)27-13-19(23)20-15-3-5-16(6-4-15)21-8-10-26-11-9-21/h2-7,12H,8-11,13H2,1H3,(H,20,23). The molecule has 8 heteroatoms. The fraction of sp³-hybridized carbons (Fsp3) is 0.316. The van der Waals surface area contributed by atoms with Crippen molar-refractivity contribution in [1.29, 1.82) is 0 Å².